The minimum absolute atomic E-state index is 0. The van der Waals surface area contributed by atoms with Crippen LogP contribution in [-0.4, -0.2) is 25.9 Å². The van der Waals surface area contributed by atoms with E-state index in [1.54, 1.807) is 32.4 Å². The van der Waals surface area contributed by atoms with Crippen LogP contribution in [-0.2, 0) is 0 Å². The predicted octanol–water partition coefficient (Wildman–Crippen LogP) is 3.24. The van der Waals surface area contributed by atoms with Gasteiger partial charge in [0, 0.05) is 11.6 Å². The van der Waals surface area contributed by atoms with Gasteiger partial charge in [-0.1, -0.05) is 12.1 Å². The SMILES string of the molecule is CCOc1ccc(C(O)c2ccc(OC)cc2OC)cc1.P. The van der Waals surface area contributed by atoms with E-state index in [2.05, 4.69) is 0 Å². The fourth-order valence-corrected chi connectivity index (χ4v) is 2.14. The van der Waals surface area contributed by atoms with E-state index in [4.69, 9.17) is 14.2 Å². The molecule has 2 rings (SSSR count). The Labute approximate surface area is 134 Å². The van der Waals surface area contributed by atoms with Gasteiger partial charge in [0.15, 0.2) is 0 Å². The zero-order valence-electron chi connectivity index (χ0n) is 13.2. The molecule has 2 aromatic rings. The Balaban J connectivity index is 0.00000242. The molecule has 0 aliphatic carbocycles. The third kappa shape index (κ3) is 4.12. The highest BCUT2D eigenvalue weighted by Gasteiger charge is 2.16. The number of hydrogen-bond acceptors (Lipinski definition) is 4. The Morgan fingerprint density at radius 1 is 0.955 bits per heavy atom. The average molecular weight is 322 g/mol. The predicted molar refractivity (Wildman–Crippen MR) is 92.3 cm³/mol. The summed E-state index contributed by atoms with van der Waals surface area (Å²) in [7, 11) is 3.17. The van der Waals surface area contributed by atoms with Gasteiger partial charge in [-0.3, -0.25) is 0 Å². The van der Waals surface area contributed by atoms with E-state index in [-0.39, 0.29) is 9.90 Å². The molecular weight excluding hydrogens is 299 g/mol. The van der Waals surface area contributed by atoms with Crippen molar-refractivity contribution in [3.63, 3.8) is 0 Å². The third-order valence-electron chi connectivity index (χ3n) is 3.24. The van der Waals surface area contributed by atoms with E-state index in [0.717, 1.165) is 11.3 Å². The van der Waals surface area contributed by atoms with Crippen molar-refractivity contribution in [3.05, 3.63) is 53.6 Å². The Hall–Kier alpha value is -1.77. The molecule has 0 amide bonds. The Kier molecular flexibility index (Phi) is 7.16. The summed E-state index contributed by atoms with van der Waals surface area (Å²) in [6, 6.07) is 12.7. The van der Waals surface area contributed by atoms with Gasteiger partial charge >= 0.3 is 0 Å². The number of aliphatic hydroxyl groups excluding tert-OH is 1. The number of aliphatic hydroxyl groups is 1. The van der Waals surface area contributed by atoms with Gasteiger partial charge in [0.05, 0.1) is 20.8 Å². The van der Waals surface area contributed by atoms with Gasteiger partial charge in [-0.25, -0.2) is 0 Å². The zero-order valence-corrected chi connectivity index (χ0v) is 14.6. The monoisotopic (exact) mass is 322 g/mol. The first kappa shape index (κ1) is 18.3. The van der Waals surface area contributed by atoms with Crippen LogP contribution >= 0.6 is 9.90 Å². The second-order valence-corrected chi connectivity index (χ2v) is 4.51. The summed E-state index contributed by atoms with van der Waals surface area (Å²) in [5.74, 6) is 2.07. The van der Waals surface area contributed by atoms with Crippen LogP contribution < -0.4 is 14.2 Å². The molecule has 0 aliphatic rings. The average Bonchev–Trinajstić information content (AvgIpc) is 2.54. The molecule has 0 radical (unpaired) electrons. The van der Waals surface area contributed by atoms with Gasteiger partial charge in [0.25, 0.3) is 0 Å². The van der Waals surface area contributed by atoms with Crippen molar-refractivity contribution >= 4 is 9.90 Å². The van der Waals surface area contributed by atoms with E-state index < -0.39 is 6.10 Å². The first-order valence-corrected chi connectivity index (χ1v) is 6.82. The third-order valence-corrected chi connectivity index (χ3v) is 3.24. The van der Waals surface area contributed by atoms with Crippen molar-refractivity contribution in [2.75, 3.05) is 20.8 Å². The van der Waals surface area contributed by atoms with E-state index in [0.29, 0.717) is 23.7 Å². The van der Waals surface area contributed by atoms with E-state index in [1.165, 1.54) is 0 Å². The molecule has 0 saturated heterocycles. The molecule has 2 aromatic carbocycles. The molecule has 2 atom stereocenters. The maximum Gasteiger partial charge on any atom is 0.128 e. The molecular formula is C17H23O4P. The summed E-state index contributed by atoms with van der Waals surface area (Å²) < 4.78 is 15.9. The second-order valence-electron chi connectivity index (χ2n) is 4.51. The van der Waals surface area contributed by atoms with Crippen molar-refractivity contribution in [1.82, 2.24) is 0 Å². The normalized spacial score (nSPS) is 11.3. The van der Waals surface area contributed by atoms with Crippen LogP contribution in [0.5, 0.6) is 17.2 Å². The highest BCUT2D eigenvalue weighted by molar-refractivity contribution is 6.92. The van der Waals surface area contributed by atoms with Crippen molar-refractivity contribution in [2.45, 2.75) is 13.0 Å². The molecule has 0 aliphatic heterocycles. The zero-order chi connectivity index (χ0) is 15.2. The van der Waals surface area contributed by atoms with Crippen molar-refractivity contribution < 1.29 is 19.3 Å². The maximum atomic E-state index is 10.5. The Morgan fingerprint density at radius 3 is 2.14 bits per heavy atom. The number of benzene rings is 2. The standard InChI is InChI=1S/C17H20O4.H3P/c1-4-21-13-7-5-12(6-8-13)17(18)15-10-9-14(19-2)11-16(15)20-3;/h5-11,17-18H,4H2,1-3H3;1H3. The molecule has 0 saturated carbocycles. The highest BCUT2D eigenvalue weighted by Crippen LogP contribution is 2.33. The molecule has 1 N–H and O–H groups in total. The molecule has 0 heterocycles. The summed E-state index contributed by atoms with van der Waals surface area (Å²) in [6.07, 6.45) is -0.762. The molecule has 5 heteroatoms. The number of rotatable bonds is 6. The van der Waals surface area contributed by atoms with Gasteiger partial charge < -0.3 is 19.3 Å². The highest BCUT2D eigenvalue weighted by atomic mass is 31.0. The van der Waals surface area contributed by atoms with Crippen molar-refractivity contribution in [1.29, 1.82) is 0 Å². The Morgan fingerprint density at radius 2 is 1.59 bits per heavy atom. The van der Waals surface area contributed by atoms with Crippen LogP contribution in [0.2, 0.25) is 0 Å². The molecule has 2 unspecified atom stereocenters. The second kappa shape index (κ2) is 8.62. The summed E-state index contributed by atoms with van der Waals surface area (Å²) in [4.78, 5) is 0. The molecule has 0 bridgehead atoms. The summed E-state index contributed by atoms with van der Waals surface area (Å²) in [6.45, 7) is 2.55. The Bertz CT molecular complexity index is 584. The number of ether oxygens (including phenoxy) is 3. The lowest BCUT2D eigenvalue weighted by atomic mass is 10.0. The largest absolute Gasteiger partial charge is 0.497 e. The topological polar surface area (TPSA) is 47.9 Å². The maximum absolute atomic E-state index is 10.5. The van der Waals surface area contributed by atoms with Crippen molar-refractivity contribution in [2.24, 2.45) is 0 Å². The van der Waals surface area contributed by atoms with E-state index in [1.807, 2.05) is 31.2 Å². The number of hydrogen-bond donors (Lipinski definition) is 1. The van der Waals surface area contributed by atoms with E-state index >= 15 is 0 Å². The van der Waals surface area contributed by atoms with Gasteiger partial charge in [-0.15, -0.1) is 0 Å². The quantitative estimate of drug-likeness (QED) is 0.830. The minimum Gasteiger partial charge on any atom is -0.497 e. The van der Waals surface area contributed by atoms with Gasteiger partial charge in [0.1, 0.15) is 23.4 Å². The molecule has 0 fully saturated rings. The van der Waals surface area contributed by atoms with Gasteiger partial charge in [0.2, 0.25) is 0 Å². The smallest absolute Gasteiger partial charge is 0.128 e. The molecule has 22 heavy (non-hydrogen) atoms. The van der Waals surface area contributed by atoms with Crippen LogP contribution in [0.3, 0.4) is 0 Å². The van der Waals surface area contributed by atoms with Gasteiger partial charge in [-0.2, -0.15) is 9.90 Å². The van der Waals surface area contributed by atoms with E-state index in [9.17, 15) is 5.11 Å². The molecule has 120 valence electrons. The first-order chi connectivity index (χ1) is 10.2. The van der Waals surface area contributed by atoms with Crippen LogP contribution in [0, 0.1) is 0 Å². The van der Waals surface area contributed by atoms with Crippen LogP contribution in [0.1, 0.15) is 24.2 Å². The summed E-state index contributed by atoms with van der Waals surface area (Å²) in [5.41, 5.74) is 1.48. The lowest BCUT2D eigenvalue weighted by Crippen LogP contribution is -2.03. The minimum atomic E-state index is -0.762. The van der Waals surface area contributed by atoms with Crippen LogP contribution in [0.4, 0.5) is 0 Å². The first-order valence-electron chi connectivity index (χ1n) is 6.82. The lowest BCUT2D eigenvalue weighted by Gasteiger charge is -2.16. The van der Waals surface area contributed by atoms with Crippen LogP contribution in [0.15, 0.2) is 42.5 Å². The summed E-state index contributed by atoms with van der Waals surface area (Å²) >= 11 is 0. The van der Waals surface area contributed by atoms with Crippen LogP contribution in [0.25, 0.3) is 0 Å². The lowest BCUT2D eigenvalue weighted by molar-refractivity contribution is 0.214. The molecule has 4 nitrogen and oxygen atoms in total. The van der Waals surface area contributed by atoms with Crippen molar-refractivity contribution in [3.8, 4) is 17.2 Å². The number of methoxy groups -OCH3 is 2. The fraction of sp³-hybridized carbons (Fsp3) is 0.294. The fourth-order valence-electron chi connectivity index (χ4n) is 2.14. The molecule has 0 spiro atoms. The summed E-state index contributed by atoms with van der Waals surface area (Å²) in [5, 5.41) is 10.5. The van der Waals surface area contributed by atoms with Gasteiger partial charge in [-0.05, 0) is 36.8 Å². The molecule has 0 aromatic heterocycles.